The maximum atomic E-state index is 5.56. The van der Waals surface area contributed by atoms with E-state index >= 15 is 0 Å². The molecule has 1 fully saturated rings. The molecule has 7 heteroatoms. The second-order valence-corrected chi connectivity index (χ2v) is 7.64. The summed E-state index contributed by atoms with van der Waals surface area (Å²) in [7, 11) is 0. The average Bonchev–Trinajstić information content (AvgIpc) is 3.51. The molecular formula is C25H33N7. The zero-order chi connectivity index (χ0) is 23.1. The van der Waals surface area contributed by atoms with Crippen molar-refractivity contribution in [3.05, 3.63) is 78.3 Å². The number of aromatic nitrogens is 4. The summed E-state index contributed by atoms with van der Waals surface area (Å²) in [6, 6.07) is 16.3. The maximum Gasteiger partial charge on any atom is 0.160 e. The van der Waals surface area contributed by atoms with Crippen LogP contribution in [0.2, 0.25) is 0 Å². The average molecular weight is 432 g/mol. The van der Waals surface area contributed by atoms with Gasteiger partial charge in [0.1, 0.15) is 0 Å². The van der Waals surface area contributed by atoms with Gasteiger partial charge in [0.2, 0.25) is 0 Å². The summed E-state index contributed by atoms with van der Waals surface area (Å²) in [6.07, 6.45) is 4.33. The zero-order valence-corrected chi connectivity index (χ0v) is 19.3. The van der Waals surface area contributed by atoms with Gasteiger partial charge < -0.3 is 16.5 Å². The van der Waals surface area contributed by atoms with Crippen molar-refractivity contribution in [3.63, 3.8) is 0 Å². The lowest BCUT2D eigenvalue weighted by molar-refractivity contribution is 0.817. The van der Waals surface area contributed by atoms with E-state index in [4.69, 9.17) is 5.84 Å². The number of anilines is 3. The van der Waals surface area contributed by atoms with Gasteiger partial charge in [-0.3, -0.25) is 5.10 Å². The van der Waals surface area contributed by atoms with Gasteiger partial charge in [0.05, 0.1) is 23.1 Å². The van der Waals surface area contributed by atoms with E-state index in [1.807, 2.05) is 45.0 Å². The van der Waals surface area contributed by atoms with Crippen molar-refractivity contribution in [3.8, 4) is 0 Å². The van der Waals surface area contributed by atoms with E-state index in [0.29, 0.717) is 0 Å². The molecule has 5 rings (SSSR count). The monoisotopic (exact) mass is 431 g/mol. The number of nitrogens with one attached hydrogen (secondary N) is 3. The summed E-state index contributed by atoms with van der Waals surface area (Å²) in [5.41, 5.74) is 6.30. The number of nitrogens with two attached hydrogens (primary N) is 1. The van der Waals surface area contributed by atoms with E-state index < -0.39 is 0 Å². The summed E-state index contributed by atoms with van der Waals surface area (Å²) >= 11 is 0. The van der Waals surface area contributed by atoms with Gasteiger partial charge in [0.25, 0.3) is 0 Å². The summed E-state index contributed by atoms with van der Waals surface area (Å²) in [6.45, 7) is 12.0. The van der Waals surface area contributed by atoms with E-state index in [1.54, 1.807) is 6.20 Å². The Bertz CT molecular complexity index is 1150. The molecule has 168 valence electrons. The normalized spacial score (nSPS) is 12.2. The molecule has 2 heterocycles. The topological polar surface area (TPSA) is 96.6 Å². The quantitative estimate of drug-likeness (QED) is 0.296. The maximum absolute atomic E-state index is 5.56. The third kappa shape index (κ3) is 5.91. The number of nitrogens with zero attached hydrogens (tertiary/aromatic N) is 3. The Hall–Kier alpha value is -3.74. The van der Waals surface area contributed by atoms with E-state index in [-0.39, 0.29) is 0 Å². The van der Waals surface area contributed by atoms with Gasteiger partial charge in [-0.1, -0.05) is 50.3 Å². The van der Waals surface area contributed by atoms with Crippen LogP contribution < -0.4 is 16.5 Å². The highest BCUT2D eigenvalue weighted by Crippen LogP contribution is 2.35. The fourth-order valence-electron chi connectivity index (χ4n) is 3.15. The smallest absolute Gasteiger partial charge is 0.160 e. The molecule has 0 atom stereocenters. The van der Waals surface area contributed by atoms with E-state index in [9.17, 15) is 0 Å². The molecule has 4 aromatic rings. The number of aryl methyl sites for hydroxylation is 2. The Morgan fingerprint density at radius 1 is 1.09 bits per heavy atom. The highest BCUT2D eigenvalue weighted by atomic mass is 15.5. The first-order valence-electron chi connectivity index (χ1n) is 11.0. The Morgan fingerprint density at radius 3 is 2.41 bits per heavy atom. The number of hydrogen-bond acceptors (Lipinski definition) is 5. The molecular weight excluding hydrogens is 398 g/mol. The van der Waals surface area contributed by atoms with Crippen molar-refractivity contribution in [2.75, 3.05) is 16.5 Å². The van der Waals surface area contributed by atoms with Crippen LogP contribution in [0.25, 0.3) is 10.9 Å². The van der Waals surface area contributed by atoms with Crippen LogP contribution in [-0.4, -0.2) is 20.1 Å². The minimum absolute atomic E-state index is 0.723. The number of fused-ring (bicyclic) bond motifs is 1. The lowest BCUT2D eigenvalue weighted by Crippen LogP contribution is -2.07. The van der Waals surface area contributed by atoms with Crippen LogP contribution in [0.4, 0.5) is 17.2 Å². The molecule has 0 spiro atoms. The second kappa shape index (κ2) is 10.5. The van der Waals surface area contributed by atoms with Gasteiger partial charge in [0, 0.05) is 16.8 Å². The van der Waals surface area contributed by atoms with Crippen LogP contribution in [0.3, 0.4) is 0 Å². The third-order valence-corrected chi connectivity index (χ3v) is 5.07. The van der Waals surface area contributed by atoms with Gasteiger partial charge >= 0.3 is 0 Å². The number of benzene rings is 2. The van der Waals surface area contributed by atoms with Gasteiger partial charge in [-0.25, -0.2) is 0 Å². The lowest BCUT2D eigenvalue weighted by Gasteiger charge is -2.08. The largest absolute Gasteiger partial charge is 0.359 e. The fourth-order valence-corrected chi connectivity index (χ4v) is 3.15. The highest BCUT2D eigenvalue weighted by molar-refractivity contribution is 5.91. The van der Waals surface area contributed by atoms with Crippen LogP contribution in [-0.2, 0) is 0 Å². The minimum atomic E-state index is 0.723. The summed E-state index contributed by atoms with van der Waals surface area (Å²) in [5, 5.41) is 18.8. The molecule has 0 bridgehead atoms. The van der Waals surface area contributed by atoms with Crippen LogP contribution >= 0.6 is 0 Å². The Morgan fingerprint density at radius 2 is 1.78 bits per heavy atom. The number of allylic oxidation sites excluding steroid dienone is 1. The first-order valence-corrected chi connectivity index (χ1v) is 11.0. The number of rotatable bonds is 5. The molecule has 1 saturated carbocycles. The van der Waals surface area contributed by atoms with Crippen molar-refractivity contribution in [2.45, 2.75) is 40.5 Å². The summed E-state index contributed by atoms with van der Waals surface area (Å²) in [4.78, 5) is 1.28. The van der Waals surface area contributed by atoms with Crippen LogP contribution in [0.1, 0.15) is 37.9 Å². The molecule has 0 unspecified atom stereocenters. The number of hydrogen-bond donors (Lipinski definition) is 4. The summed E-state index contributed by atoms with van der Waals surface area (Å²) in [5.74, 6) is 7.06. The van der Waals surface area contributed by atoms with Gasteiger partial charge in [-0.05, 0) is 56.9 Å². The van der Waals surface area contributed by atoms with E-state index in [0.717, 1.165) is 39.7 Å². The molecule has 1 aliphatic carbocycles. The number of para-hydroxylation sites is 1. The van der Waals surface area contributed by atoms with Crippen molar-refractivity contribution in [1.82, 2.24) is 20.1 Å². The minimum Gasteiger partial charge on any atom is -0.359 e. The third-order valence-electron chi connectivity index (χ3n) is 5.07. The standard InChI is InChI=1S/C12H15N.C11H12N6.C2H6/c1-9-3-7-12(8-4-9)13-10(2)11-5-6-11;1-7-10(6-17(12)16-7)13-11-8-4-2-3-5-9(8)14-15-11;1-2/h3-4,7-8,11,13H,2,5-6H2,1H3;2-6H,12H2,1H3,(H2,13,14,15);1-2H3. The second-order valence-electron chi connectivity index (χ2n) is 7.64. The Balaban J connectivity index is 0.000000173. The SMILES string of the molecule is C=C(Nc1ccc(C)cc1)C1CC1.CC.Cc1nn(N)cc1Nc1n[nH]c2ccccc12. The molecule has 5 N–H and O–H groups in total. The number of aromatic amines is 1. The van der Waals surface area contributed by atoms with E-state index in [2.05, 4.69) is 63.7 Å². The first kappa shape index (κ1) is 22.9. The molecule has 1 aliphatic rings. The van der Waals surface area contributed by atoms with Crippen LogP contribution in [0, 0.1) is 19.8 Å². The van der Waals surface area contributed by atoms with Crippen LogP contribution in [0.15, 0.2) is 67.0 Å². The highest BCUT2D eigenvalue weighted by Gasteiger charge is 2.24. The first-order chi connectivity index (χ1) is 15.5. The molecule has 0 amide bonds. The predicted octanol–water partition coefficient (Wildman–Crippen LogP) is 5.88. The van der Waals surface area contributed by atoms with Gasteiger partial charge in [-0.15, -0.1) is 0 Å². The van der Waals surface area contributed by atoms with Crippen molar-refractivity contribution < 1.29 is 0 Å². The lowest BCUT2D eigenvalue weighted by atomic mass is 10.2. The number of nitrogen functional groups attached to an aromatic ring is 1. The van der Waals surface area contributed by atoms with Gasteiger partial charge in [0.15, 0.2) is 5.82 Å². The molecule has 2 aromatic heterocycles. The Labute approximate surface area is 189 Å². The van der Waals surface area contributed by atoms with Crippen molar-refractivity contribution in [2.24, 2.45) is 5.92 Å². The van der Waals surface area contributed by atoms with Gasteiger partial charge in [-0.2, -0.15) is 15.0 Å². The summed E-state index contributed by atoms with van der Waals surface area (Å²) < 4.78 is 0. The molecule has 32 heavy (non-hydrogen) atoms. The fraction of sp³-hybridized carbons (Fsp3) is 0.280. The predicted molar refractivity (Wildman–Crippen MR) is 135 cm³/mol. The van der Waals surface area contributed by atoms with E-state index in [1.165, 1.54) is 28.9 Å². The molecule has 0 saturated heterocycles. The van der Waals surface area contributed by atoms with Crippen molar-refractivity contribution >= 4 is 28.1 Å². The Kier molecular flexibility index (Phi) is 7.54. The molecule has 0 radical (unpaired) electrons. The van der Waals surface area contributed by atoms with Crippen molar-refractivity contribution in [1.29, 1.82) is 0 Å². The van der Waals surface area contributed by atoms with Crippen LogP contribution in [0.5, 0.6) is 0 Å². The molecule has 7 nitrogen and oxygen atoms in total. The molecule has 0 aliphatic heterocycles. The number of H-pyrrole nitrogens is 1. The molecule has 2 aromatic carbocycles. The zero-order valence-electron chi connectivity index (χ0n) is 19.3.